The Morgan fingerprint density at radius 3 is 2.80 bits per heavy atom. The second-order valence-corrected chi connectivity index (χ2v) is 3.33. The van der Waals surface area contributed by atoms with Crippen LogP contribution in [0.3, 0.4) is 0 Å². The molecule has 2 aromatic rings. The maximum absolute atomic E-state index is 5.97. The summed E-state index contributed by atoms with van der Waals surface area (Å²) in [6, 6.07) is 5.49. The number of nitrogens with zero attached hydrogens (tertiary/aromatic N) is 1. The van der Waals surface area contributed by atoms with E-state index in [9.17, 15) is 0 Å². The van der Waals surface area contributed by atoms with Crippen molar-refractivity contribution < 1.29 is 9.15 Å². The summed E-state index contributed by atoms with van der Waals surface area (Å²) in [5.41, 5.74) is 6.86. The molecule has 0 atom stereocenters. The first-order valence-electron chi connectivity index (χ1n) is 4.25. The summed E-state index contributed by atoms with van der Waals surface area (Å²) in [5, 5.41) is 0.525. The zero-order valence-corrected chi connectivity index (χ0v) is 8.78. The number of aromatic nitrogens is 1. The van der Waals surface area contributed by atoms with Crippen LogP contribution >= 0.6 is 11.6 Å². The van der Waals surface area contributed by atoms with Crippen LogP contribution in [-0.4, -0.2) is 12.1 Å². The molecule has 0 aliphatic carbocycles. The molecular weight excluding hydrogens is 216 g/mol. The molecule has 0 amide bonds. The molecule has 78 valence electrons. The molecule has 15 heavy (non-hydrogen) atoms. The molecule has 0 unspecified atom stereocenters. The zero-order valence-electron chi connectivity index (χ0n) is 8.03. The van der Waals surface area contributed by atoms with Crippen LogP contribution in [-0.2, 0) is 0 Å². The normalized spacial score (nSPS) is 10.3. The predicted octanol–water partition coefficient (Wildman–Crippen LogP) is 2.59. The highest BCUT2D eigenvalue weighted by Crippen LogP contribution is 2.29. The molecule has 1 aromatic carbocycles. The van der Waals surface area contributed by atoms with Crippen molar-refractivity contribution in [1.29, 1.82) is 0 Å². The lowest BCUT2D eigenvalue weighted by Gasteiger charge is -2.03. The van der Waals surface area contributed by atoms with Crippen molar-refractivity contribution in [1.82, 2.24) is 4.98 Å². The molecule has 0 aliphatic heterocycles. The van der Waals surface area contributed by atoms with Gasteiger partial charge in [0.2, 0.25) is 0 Å². The summed E-state index contributed by atoms with van der Waals surface area (Å²) in [7, 11) is 1.56. The van der Waals surface area contributed by atoms with Gasteiger partial charge in [-0.1, -0.05) is 11.6 Å². The van der Waals surface area contributed by atoms with Gasteiger partial charge in [0.1, 0.15) is 17.7 Å². The minimum absolute atomic E-state index is 0.136. The van der Waals surface area contributed by atoms with Gasteiger partial charge in [0.05, 0.1) is 12.1 Å². The highest BCUT2D eigenvalue weighted by Gasteiger charge is 2.07. The Morgan fingerprint density at radius 2 is 2.27 bits per heavy atom. The smallest absolute Gasteiger partial charge is 0.292 e. The quantitative estimate of drug-likeness (QED) is 0.852. The molecule has 2 rings (SSSR count). The number of ether oxygens (including phenoxy) is 1. The van der Waals surface area contributed by atoms with E-state index in [0.29, 0.717) is 16.5 Å². The third-order valence-corrected chi connectivity index (χ3v) is 2.26. The van der Waals surface area contributed by atoms with Gasteiger partial charge < -0.3 is 14.9 Å². The Labute approximate surface area is 91.6 Å². The van der Waals surface area contributed by atoms with Crippen LogP contribution in [0.5, 0.6) is 5.75 Å². The average molecular weight is 225 g/mol. The van der Waals surface area contributed by atoms with Gasteiger partial charge in [-0.15, -0.1) is 0 Å². The fraction of sp³-hybridized carbons (Fsp3) is 0.100. The number of nitrogens with two attached hydrogens (primary N) is 1. The molecule has 0 saturated carbocycles. The Morgan fingerprint density at radius 1 is 1.47 bits per heavy atom. The van der Waals surface area contributed by atoms with Crippen LogP contribution in [0.25, 0.3) is 11.3 Å². The molecule has 1 aromatic heterocycles. The standard InChI is InChI=1S/C10H9ClN2O2/c1-14-9-3-2-6(4-7(9)11)8-5-15-10(12)13-8/h2-5H,1H3,(H2,12,13). The van der Waals surface area contributed by atoms with Crippen molar-refractivity contribution in [3.8, 4) is 17.0 Å². The molecule has 0 spiro atoms. The van der Waals surface area contributed by atoms with Gasteiger partial charge in [0.25, 0.3) is 6.01 Å². The summed E-state index contributed by atoms with van der Waals surface area (Å²) in [5.74, 6) is 0.622. The molecule has 4 nitrogen and oxygen atoms in total. The summed E-state index contributed by atoms with van der Waals surface area (Å²) < 4.78 is 9.95. The summed E-state index contributed by atoms with van der Waals surface area (Å²) >= 11 is 5.97. The second-order valence-electron chi connectivity index (χ2n) is 2.92. The van der Waals surface area contributed by atoms with E-state index < -0.39 is 0 Å². The number of benzene rings is 1. The summed E-state index contributed by atoms with van der Waals surface area (Å²) in [6.07, 6.45) is 1.48. The Bertz CT molecular complexity index is 482. The van der Waals surface area contributed by atoms with Crippen LogP contribution in [0.1, 0.15) is 0 Å². The maximum atomic E-state index is 5.97. The van der Waals surface area contributed by atoms with Gasteiger partial charge in [-0.3, -0.25) is 0 Å². The monoisotopic (exact) mass is 224 g/mol. The summed E-state index contributed by atoms with van der Waals surface area (Å²) in [6.45, 7) is 0. The largest absolute Gasteiger partial charge is 0.495 e. The van der Waals surface area contributed by atoms with E-state index in [0.717, 1.165) is 5.56 Å². The van der Waals surface area contributed by atoms with E-state index in [-0.39, 0.29) is 6.01 Å². The molecule has 0 saturated heterocycles. The van der Waals surface area contributed by atoms with Crippen LogP contribution in [0, 0.1) is 0 Å². The molecule has 5 heteroatoms. The molecule has 1 heterocycles. The minimum atomic E-state index is 0.136. The Hall–Kier alpha value is -1.68. The third-order valence-electron chi connectivity index (χ3n) is 1.97. The van der Waals surface area contributed by atoms with E-state index in [1.807, 2.05) is 6.07 Å². The van der Waals surface area contributed by atoms with Crippen LogP contribution in [0.4, 0.5) is 6.01 Å². The van der Waals surface area contributed by atoms with Crippen molar-refractivity contribution in [2.45, 2.75) is 0 Å². The lowest BCUT2D eigenvalue weighted by Crippen LogP contribution is -1.86. The fourth-order valence-electron chi connectivity index (χ4n) is 1.25. The lowest BCUT2D eigenvalue weighted by atomic mass is 10.2. The second kappa shape index (κ2) is 3.82. The predicted molar refractivity (Wildman–Crippen MR) is 57.9 cm³/mol. The lowest BCUT2D eigenvalue weighted by molar-refractivity contribution is 0.415. The van der Waals surface area contributed by atoms with Crippen LogP contribution in [0.2, 0.25) is 5.02 Å². The van der Waals surface area contributed by atoms with Crippen molar-refractivity contribution in [2.75, 3.05) is 12.8 Å². The molecule has 0 aliphatic rings. The first-order chi connectivity index (χ1) is 7.20. The van der Waals surface area contributed by atoms with E-state index in [4.69, 9.17) is 26.5 Å². The van der Waals surface area contributed by atoms with Crippen LogP contribution < -0.4 is 10.5 Å². The first kappa shape index (κ1) is 9.86. The number of oxazole rings is 1. The van der Waals surface area contributed by atoms with Crippen molar-refractivity contribution >= 4 is 17.6 Å². The number of halogens is 1. The highest BCUT2D eigenvalue weighted by atomic mass is 35.5. The van der Waals surface area contributed by atoms with Crippen molar-refractivity contribution in [3.63, 3.8) is 0 Å². The number of hydrogen-bond acceptors (Lipinski definition) is 4. The van der Waals surface area contributed by atoms with Gasteiger partial charge in [0.15, 0.2) is 0 Å². The van der Waals surface area contributed by atoms with E-state index in [1.165, 1.54) is 6.26 Å². The van der Waals surface area contributed by atoms with Gasteiger partial charge in [-0.2, -0.15) is 4.98 Å². The number of hydrogen-bond donors (Lipinski definition) is 1. The van der Waals surface area contributed by atoms with E-state index in [2.05, 4.69) is 4.98 Å². The Kier molecular flexibility index (Phi) is 2.51. The number of methoxy groups -OCH3 is 1. The van der Waals surface area contributed by atoms with Crippen molar-refractivity contribution in [3.05, 3.63) is 29.5 Å². The molecule has 0 bridgehead atoms. The number of nitrogen functional groups attached to an aromatic ring is 1. The highest BCUT2D eigenvalue weighted by molar-refractivity contribution is 6.32. The first-order valence-corrected chi connectivity index (χ1v) is 4.63. The van der Waals surface area contributed by atoms with E-state index in [1.54, 1.807) is 19.2 Å². The maximum Gasteiger partial charge on any atom is 0.292 e. The number of anilines is 1. The Balaban J connectivity index is 2.42. The molecular formula is C10H9ClN2O2. The van der Waals surface area contributed by atoms with E-state index >= 15 is 0 Å². The number of rotatable bonds is 2. The van der Waals surface area contributed by atoms with Gasteiger partial charge in [0, 0.05) is 5.56 Å². The summed E-state index contributed by atoms with van der Waals surface area (Å²) in [4.78, 5) is 3.99. The molecule has 0 fully saturated rings. The SMILES string of the molecule is COc1ccc(-c2coc(N)n2)cc1Cl. The van der Waals surface area contributed by atoms with Gasteiger partial charge >= 0.3 is 0 Å². The molecule has 0 radical (unpaired) electrons. The van der Waals surface area contributed by atoms with Crippen molar-refractivity contribution in [2.24, 2.45) is 0 Å². The molecule has 2 N–H and O–H groups in total. The third kappa shape index (κ3) is 1.89. The average Bonchev–Trinajstić information content (AvgIpc) is 2.65. The minimum Gasteiger partial charge on any atom is -0.495 e. The topological polar surface area (TPSA) is 61.3 Å². The zero-order chi connectivity index (χ0) is 10.8. The van der Waals surface area contributed by atoms with Gasteiger partial charge in [-0.05, 0) is 18.2 Å². The van der Waals surface area contributed by atoms with Crippen LogP contribution in [0.15, 0.2) is 28.9 Å². The van der Waals surface area contributed by atoms with Gasteiger partial charge in [-0.25, -0.2) is 0 Å². The fourth-order valence-corrected chi connectivity index (χ4v) is 1.50.